The molecule has 0 bridgehead atoms. The number of halogens is 1. The van der Waals surface area contributed by atoms with Gasteiger partial charge in [0.25, 0.3) is 0 Å². The Balaban J connectivity index is 2.52. The smallest absolute Gasteiger partial charge is 0.137 e. The minimum absolute atomic E-state index is 0.465. The molecule has 1 rings (SSSR count). The molecule has 18 heavy (non-hydrogen) atoms. The number of nitrogens with one attached hydrogen (secondary N) is 1. The van der Waals surface area contributed by atoms with Crippen molar-refractivity contribution in [1.29, 1.82) is 0 Å². The van der Waals surface area contributed by atoms with E-state index in [0.29, 0.717) is 17.7 Å². The molecule has 0 saturated heterocycles. The molecule has 3 heteroatoms. The summed E-state index contributed by atoms with van der Waals surface area (Å²) in [5.74, 6) is 6.51. The molecular weight excluding hydrogens is 246 g/mol. The van der Waals surface area contributed by atoms with Crippen LogP contribution in [-0.2, 0) is 6.54 Å². The average molecular weight is 266 g/mol. The van der Waals surface area contributed by atoms with Gasteiger partial charge in [-0.25, -0.2) is 0 Å². The maximum atomic E-state index is 6.17. The summed E-state index contributed by atoms with van der Waals surface area (Å²) in [5, 5.41) is 4.01. The lowest BCUT2D eigenvalue weighted by Crippen LogP contribution is -2.21. The van der Waals surface area contributed by atoms with Crippen molar-refractivity contribution < 1.29 is 4.74 Å². The van der Waals surface area contributed by atoms with Crippen LogP contribution in [0.2, 0.25) is 5.02 Å². The molecular formula is C15H20ClNO. The molecule has 0 fully saturated rings. The van der Waals surface area contributed by atoms with E-state index < -0.39 is 0 Å². The summed E-state index contributed by atoms with van der Waals surface area (Å²) in [7, 11) is 0. The summed E-state index contributed by atoms with van der Waals surface area (Å²) in [4.78, 5) is 0. The molecule has 0 spiro atoms. The molecule has 0 aliphatic heterocycles. The number of ether oxygens (including phenoxy) is 1. The zero-order chi connectivity index (χ0) is 13.4. The van der Waals surface area contributed by atoms with Gasteiger partial charge in [-0.3, -0.25) is 0 Å². The molecule has 1 N–H and O–H groups in total. The highest BCUT2D eigenvalue weighted by Gasteiger charge is 2.03. The summed E-state index contributed by atoms with van der Waals surface area (Å²) < 4.78 is 5.56. The predicted octanol–water partition coefficient (Wildman–Crippen LogP) is 3.63. The Kier molecular flexibility index (Phi) is 6.64. The van der Waals surface area contributed by atoms with E-state index in [9.17, 15) is 0 Å². The topological polar surface area (TPSA) is 21.3 Å². The van der Waals surface area contributed by atoms with Crippen LogP contribution in [-0.4, -0.2) is 12.6 Å². The van der Waals surface area contributed by atoms with Crippen LogP contribution >= 0.6 is 11.6 Å². The van der Waals surface area contributed by atoms with E-state index in [1.54, 1.807) is 0 Å². The van der Waals surface area contributed by atoms with Crippen LogP contribution in [0.4, 0.5) is 0 Å². The molecule has 0 heterocycles. The fraction of sp³-hybridized carbons (Fsp3) is 0.467. The molecule has 0 aliphatic rings. The Hall–Kier alpha value is -1.17. The maximum absolute atomic E-state index is 6.17. The second-order valence-corrected chi connectivity index (χ2v) is 4.73. The normalized spacial score (nSPS) is 10.1. The van der Waals surface area contributed by atoms with Gasteiger partial charge < -0.3 is 10.1 Å². The highest BCUT2D eigenvalue weighted by atomic mass is 35.5. The van der Waals surface area contributed by atoms with Crippen molar-refractivity contribution in [3.63, 3.8) is 0 Å². The number of hydrogen-bond acceptors (Lipinski definition) is 2. The highest BCUT2D eigenvalue weighted by Crippen LogP contribution is 2.25. The fourth-order valence-corrected chi connectivity index (χ4v) is 1.69. The Bertz CT molecular complexity index is 432. The SMILES string of the molecule is CC#CCCOc1ccc(CNC(C)C)cc1Cl. The Morgan fingerprint density at radius 2 is 2.17 bits per heavy atom. The minimum Gasteiger partial charge on any atom is -0.491 e. The third-order valence-electron chi connectivity index (χ3n) is 2.37. The van der Waals surface area contributed by atoms with Crippen molar-refractivity contribution in [2.45, 2.75) is 39.8 Å². The third-order valence-corrected chi connectivity index (χ3v) is 2.67. The van der Waals surface area contributed by atoms with Crippen molar-refractivity contribution in [2.24, 2.45) is 0 Å². The second kappa shape index (κ2) is 8.02. The summed E-state index contributed by atoms with van der Waals surface area (Å²) in [5.41, 5.74) is 1.16. The first-order valence-corrected chi connectivity index (χ1v) is 6.55. The highest BCUT2D eigenvalue weighted by molar-refractivity contribution is 6.32. The van der Waals surface area contributed by atoms with Crippen LogP contribution in [0.15, 0.2) is 18.2 Å². The van der Waals surface area contributed by atoms with Crippen molar-refractivity contribution in [3.8, 4) is 17.6 Å². The van der Waals surface area contributed by atoms with Crippen molar-refractivity contribution in [3.05, 3.63) is 28.8 Å². The van der Waals surface area contributed by atoms with E-state index in [1.165, 1.54) is 0 Å². The fourth-order valence-electron chi connectivity index (χ4n) is 1.43. The lowest BCUT2D eigenvalue weighted by Gasteiger charge is -2.10. The van der Waals surface area contributed by atoms with Gasteiger partial charge in [-0.15, -0.1) is 11.8 Å². The van der Waals surface area contributed by atoms with Gasteiger partial charge in [-0.1, -0.05) is 31.5 Å². The third kappa shape index (κ3) is 5.44. The zero-order valence-corrected chi connectivity index (χ0v) is 12.0. The van der Waals surface area contributed by atoms with Gasteiger partial charge in [0.1, 0.15) is 5.75 Å². The monoisotopic (exact) mass is 265 g/mol. The summed E-state index contributed by atoms with van der Waals surface area (Å²) in [6, 6.07) is 6.35. The molecule has 1 aromatic carbocycles. The van der Waals surface area contributed by atoms with Gasteiger partial charge in [0, 0.05) is 19.0 Å². The van der Waals surface area contributed by atoms with Crippen LogP contribution in [0.3, 0.4) is 0 Å². The van der Waals surface area contributed by atoms with E-state index in [0.717, 1.165) is 24.3 Å². The number of hydrogen-bond donors (Lipinski definition) is 1. The summed E-state index contributed by atoms with van der Waals surface area (Å²) >= 11 is 6.17. The number of rotatable bonds is 6. The molecule has 2 nitrogen and oxygen atoms in total. The maximum Gasteiger partial charge on any atom is 0.137 e. The standard InChI is InChI=1S/C15H20ClNO/c1-4-5-6-9-18-15-8-7-13(10-14(15)16)11-17-12(2)3/h7-8,10,12,17H,6,9,11H2,1-3H3. The lowest BCUT2D eigenvalue weighted by atomic mass is 10.2. The van der Waals surface area contributed by atoms with E-state index in [2.05, 4.69) is 31.0 Å². The van der Waals surface area contributed by atoms with Gasteiger partial charge in [0.15, 0.2) is 0 Å². The van der Waals surface area contributed by atoms with Crippen LogP contribution in [0, 0.1) is 11.8 Å². The summed E-state index contributed by atoms with van der Waals surface area (Å²) in [6.07, 6.45) is 0.726. The Morgan fingerprint density at radius 1 is 1.39 bits per heavy atom. The molecule has 0 saturated carbocycles. The van der Waals surface area contributed by atoms with Crippen LogP contribution in [0.25, 0.3) is 0 Å². The molecule has 98 valence electrons. The second-order valence-electron chi connectivity index (χ2n) is 4.33. The first kappa shape index (κ1) is 14.9. The minimum atomic E-state index is 0.465. The quantitative estimate of drug-likeness (QED) is 0.626. The zero-order valence-electron chi connectivity index (χ0n) is 11.2. The first-order chi connectivity index (χ1) is 8.63. The Morgan fingerprint density at radius 3 is 2.78 bits per heavy atom. The van der Waals surface area contributed by atoms with Crippen LogP contribution in [0.1, 0.15) is 32.8 Å². The van der Waals surface area contributed by atoms with Gasteiger partial charge in [-0.2, -0.15) is 0 Å². The van der Waals surface area contributed by atoms with E-state index in [-0.39, 0.29) is 0 Å². The molecule has 0 amide bonds. The van der Waals surface area contributed by atoms with E-state index >= 15 is 0 Å². The van der Waals surface area contributed by atoms with Gasteiger partial charge in [0.05, 0.1) is 11.6 Å². The first-order valence-electron chi connectivity index (χ1n) is 6.17. The van der Waals surface area contributed by atoms with Crippen molar-refractivity contribution >= 4 is 11.6 Å². The Labute approximate surface area is 115 Å². The van der Waals surface area contributed by atoms with Crippen molar-refractivity contribution in [2.75, 3.05) is 6.61 Å². The predicted molar refractivity (Wildman–Crippen MR) is 77.0 cm³/mol. The van der Waals surface area contributed by atoms with Crippen molar-refractivity contribution in [1.82, 2.24) is 5.32 Å². The molecule has 0 radical (unpaired) electrons. The molecule has 0 atom stereocenters. The molecule has 0 unspecified atom stereocenters. The summed E-state index contributed by atoms with van der Waals surface area (Å²) in [6.45, 7) is 7.45. The number of benzene rings is 1. The average Bonchev–Trinajstić information content (AvgIpc) is 2.34. The van der Waals surface area contributed by atoms with E-state index in [1.807, 2.05) is 25.1 Å². The van der Waals surface area contributed by atoms with Gasteiger partial charge in [0.2, 0.25) is 0 Å². The van der Waals surface area contributed by atoms with Gasteiger partial charge >= 0.3 is 0 Å². The van der Waals surface area contributed by atoms with Gasteiger partial charge in [-0.05, 0) is 24.6 Å². The van der Waals surface area contributed by atoms with Crippen LogP contribution in [0.5, 0.6) is 5.75 Å². The van der Waals surface area contributed by atoms with E-state index in [4.69, 9.17) is 16.3 Å². The lowest BCUT2D eigenvalue weighted by molar-refractivity contribution is 0.327. The van der Waals surface area contributed by atoms with Crippen LogP contribution < -0.4 is 10.1 Å². The molecule has 0 aliphatic carbocycles. The molecule has 0 aromatic heterocycles. The molecule has 1 aromatic rings. The largest absolute Gasteiger partial charge is 0.491 e.